The zero-order valence-corrected chi connectivity index (χ0v) is 8.77. The number of hydrogen-bond donors (Lipinski definition) is 1. The van der Waals surface area contributed by atoms with Crippen LogP contribution in [0.3, 0.4) is 0 Å². The summed E-state index contributed by atoms with van der Waals surface area (Å²) in [6, 6.07) is 0. The van der Waals surface area contributed by atoms with E-state index in [9.17, 15) is 4.79 Å². The average Bonchev–Trinajstić information content (AvgIpc) is 2.71. The van der Waals surface area contributed by atoms with E-state index in [4.69, 9.17) is 5.11 Å². The molecule has 2 aromatic heterocycles. The number of carboxylic acid groups (broad SMARTS) is 1. The van der Waals surface area contributed by atoms with E-state index in [1.807, 2.05) is 0 Å². The van der Waals surface area contributed by atoms with Gasteiger partial charge in [-0.2, -0.15) is 9.61 Å². The van der Waals surface area contributed by atoms with Crippen LogP contribution >= 0.6 is 11.3 Å². The fourth-order valence-electron chi connectivity index (χ4n) is 1.25. The van der Waals surface area contributed by atoms with Crippen molar-refractivity contribution in [3.63, 3.8) is 0 Å². The molecule has 0 aliphatic carbocycles. The highest BCUT2D eigenvalue weighted by Crippen LogP contribution is 2.14. The number of carbonyl (C=O) groups is 1. The van der Waals surface area contributed by atoms with Crippen LogP contribution in [0.5, 0.6) is 0 Å². The van der Waals surface area contributed by atoms with Crippen molar-refractivity contribution < 1.29 is 9.90 Å². The summed E-state index contributed by atoms with van der Waals surface area (Å²) in [5, 5.41) is 21.3. The van der Waals surface area contributed by atoms with Gasteiger partial charge in [0, 0.05) is 12.8 Å². The summed E-state index contributed by atoms with van der Waals surface area (Å²) in [4.78, 5) is 11.1. The number of aromatic nitrogens is 4. The predicted molar refractivity (Wildman–Crippen MR) is 53.8 cm³/mol. The summed E-state index contributed by atoms with van der Waals surface area (Å²) in [6.07, 6.45) is 4.13. The zero-order chi connectivity index (χ0) is 10.7. The van der Waals surface area contributed by atoms with Gasteiger partial charge in [-0.1, -0.05) is 11.3 Å². The molecule has 2 aromatic rings. The van der Waals surface area contributed by atoms with Crippen molar-refractivity contribution in [1.29, 1.82) is 0 Å². The summed E-state index contributed by atoms with van der Waals surface area (Å²) < 4.78 is 1.64. The second-order valence-corrected chi connectivity index (χ2v) is 4.20. The van der Waals surface area contributed by atoms with Gasteiger partial charge < -0.3 is 5.11 Å². The fourth-order valence-corrected chi connectivity index (χ4v) is 2.11. The molecule has 2 rings (SSSR count). The van der Waals surface area contributed by atoms with E-state index in [1.54, 1.807) is 10.8 Å². The van der Waals surface area contributed by atoms with Gasteiger partial charge in [-0.05, 0) is 12.8 Å². The van der Waals surface area contributed by atoms with Gasteiger partial charge in [-0.15, -0.1) is 10.2 Å². The average molecular weight is 226 g/mol. The zero-order valence-electron chi connectivity index (χ0n) is 7.96. The van der Waals surface area contributed by atoms with Crippen molar-refractivity contribution in [2.75, 3.05) is 0 Å². The first-order chi connectivity index (χ1) is 7.25. The lowest BCUT2D eigenvalue weighted by Crippen LogP contribution is -1.95. The summed E-state index contributed by atoms with van der Waals surface area (Å²) in [5.74, 6) is -0.742. The first-order valence-electron chi connectivity index (χ1n) is 4.63. The van der Waals surface area contributed by atoms with Crippen molar-refractivity contribution >= 4 is 22.3 Å². The third-order valence-electron chi connectivity index (χ3n) is 1.96. The predicted octanol–water partition coefficient (Wildman–Crippen LogP) is 0.983. The number of fused-ring (bicyclic) bond motifs is 1. The Labute approximate surface area is 89.6 Å². The summed E-state index contributed by atoms with van der Waals surface area (Å²) >= 11 is 1.49. The quantitative estimate of drug-likeness (QED) is 0.769. The summed E-state index contributed by atoms with van der Waals surface area (Å²) in [5.41, 5.74) is 0. The van der Waals surface area contributed by atoms with Gasteiger partial charge in [-0.25, -0.2) is 0 Å². The molecule has 80 valence electrons. The maximum absolute atomic E-state index is 10.3. The van der Waals surface area contributed by atoms with E-state index < -0.39 is 5.97 Å². The molecule has 0 bridgehead atoms. The molecule has 0 unspecified atom stereocenters. The van der Waals surface area contributed by atoms with Gasteiger partial charge in [0.1, 0.15) is 11.3 Å². The fraction of sp³-hybridized carbons (Fsp3) is 0.500. The Morgan fingerprint density at radius 3 is 3.13 bits per heavy atom. The highest BCUT2D eigenvalue weighted by atomic mass is 32.1. The van der Waals surface area contributed by atoms with Gasteiger partial charge in [0.15, 0.2) is 0 Å². The topological polar surface area (TPSA) is 80.4 Å². The van der Waals surface area contributed by atoms with Crippen LogP contribution < -0.4 is 0 Å². The minimum atomic E-state index is -0.742. The van der Waals surface area contributed by atoms with Gasteiger partial charge in [0.2, 0.25) is 4.96 Å². The Balaban J connectivity index is 1.84. The smallest absolute Gasteiger partial charge is 0.303 e. The van der Waals surface area contributed by atoms with E-state index >= 15 is 0 Å². The molecular weight excluding hydrogens is 216 g/mol. The molecule has 6 nitrogen and oxygen atoms in total. The Morgan fingerprint density at radius 2 is 2.40 bits per heavy atom. The van der Waals surface area contributed by atoms with Crippen LogP contribution in [0.15, 0.2) is 6.33 Å². The number of unbranched alkanes of at least 4 members (excludes halogenated alkanes) is 1. The molecule has 0 fully saturated rings. The molecular formula is C8H10N4O2S. The Hall–Kier alpha value is -1.50. The molecule has 0 amide bonds. The normalized spacial score (nSPS) is 10.9. The summed E-state index contributed by atoms with van der Waals surface area (Å²) in [7, 11) is 0. The van der Waals surface area contributed by atoms with Crippen molar-refractivity contribution in [3.8, 4) is 0 Å². The van der Waals surface area contributed by atoms with Crippen LogP contribution in [-0.2, 0) is 11.2 Å². The summed E-state index contributed by atoms with van der Waals surface area (Å²) in [6.45, 7) is 0. The van der Waals surface area contributed by atoms with Gasteiger partial charge >= 0.3 is 5.97 Å². The highest BCUT2D eigenvalue weighted by Gasteiger charge is 2.05. The molecule has 0 aliphatic heterocycles. The SMILES string of the molecule is O=C(O)CCCCc1nn2cnnc2s1. The number of rotatable bonds is 5. The van der Waals surface area contributed by atoms with Crippen LogP contribution in [0.2, 0.25) is 0 Å². The van der Waals surface area contributed by atoms with E-state index in [-0.39, 0.29) is 6.42 Å². The largest absolute Gasteiger partial charge is 0.481 e. The number of nitrogens with zero attached hydrogens (tertiary/aromatic N) is 4. The minimum Gasteiger partial charge on any atom is -0.481 e. The van der Waals surface area contributed by atoms with Crippen LogP contribution in [0.1, 0.15) is 24.3 Å². The minimum absolute atomic E-state index is 0.226. The number of hydrogen-bond acceptors (Lipinski definition) is 5. The lowest BCUT2D eigenvalue weighted by Gasteiger charge is -1.93. The van der Waals surface area contributed by atoms with Gasteiger partial charge in [0.05, 0.1) is 0 Å². The molecule has 0 aliphatic rings. The third kappa shape index (κ3) is 2.50. The first-order valence-corrected chi connectivity index (χ1v) is 5.45. The third-order valence-corrected chi connectivity index (χ3v) is 2.93. The molecule has 1 N–H and O–H groups in total. The van der Waals surface area contributed by atoms with Crippen LogP contribution in [0.25, 0.3) is 4.96 Å². The van der Waals surface area contributed by atoms with Gasteiger partial charge in [0.25, 0.3) is 0 Å². The first kappa shape index (κ1) is 10.0. The second kappa shape index (κ2) is 4.35. The van der Waals surface area contributed by atoms with Crippen LogP contribution in [0.4, 0.5) is 0 Å². The number of aliphatic carboxylic acids is 1. The lowest BCUT2D eigenvalue weighted by atomic mass is 10.2. The lowest BCUT2D eigenvalue weighted by molar-refractivity contribution is -0.137. The van der Waals surface area contributed by atoms with E-state index in [1.165, 1.54) is 11.3 Å². The Kier molecular flexibility index (Phi) is 2.91. The molecule has 0 atom stereocenters. The van der Waals surface area contributed by atoms with Crippen molar-refractivity contribution in [2.24, 2.45) is 0 Å². The van der Waals surface area contributed by atoms with Gasteiger partial charge in [-0.3, -0.25) is 4.79 Å². The van der Waals surface area contributed by atoms with Crippen molar-refractivity contribution in [3.05, 3.63) is 11.3 Å². The highest BCUT2D eigenvalue weighted by molar-refractivity contribution is 7.16. The van der Waals surface area contributed by atoms with Crippen molar-refractivity contribution in [2.45, 2.75) is 25.7 Å². The molecule has 0 aromatic carbocycles. The van der Waals surface area contributed by atoms with Crippen molar-refractivity contribution in [1.82, 2.24) is 19.8 Å². The Morgan fingerprint density at radius 1 is 1.53 bits per heavy atom. The number of carboxylic acids is 1. The molecule has 0 saturated heterocycles. The molecule has 0 saturated carbocycles. The maximum Gasteiger partial charge on any atom is 0.303 e. The van der Waals surface area contributed by atoms with Crippen LogP contribution in [0, 0.1) is 0 Å². The van der Waals surface area contributed by atoms with Crippen LogP contribution in [-0.4, -0.2) is 30.9 Å². The molecule has 0 spiro atoms. The van der Waals surface area contributed by atoms with E-state index in [0.717, 1.165) is 22.8 Å². The van der Waals surface area contributed by atoms with E-state index in [0.29, 0.717) is 6.42 Å². The number of aryl methyl sites for hydroxylation is 1. The van der Waals surface area contributed by atoms with E-state index in [2.05, 4.69) is 15.3 Å². The molecule has 2 heterocycles. The molecule has 0 radical (unpaired) electrons. The second-order valence-electron chi connectivity index (χ2n) is 3.15. The molecule has 15 heavy (non-hydrogen) atoms. The standard InChI is InChI=1S/C8H10N4O2S/c13-7(14)4-2-1-3-6-11-12-5-9-10-8(12)15-6/h5H,1-4H2,(H,13,14). The molecule has 7 heteroatoms. The Bertz CT molecular complexity index is 435. The maximum atomic E-state index is 10.3. The monoisotopic (exact) mass is 226 g/mol.